The predicted molar refractivity (Wildman–Crippen MR) is 105 cm³/mol. The standard InChI is InChI=1S/C21H23N3O3/c1-14(2)22-21(25)17-13-24(16-8-6-5-7-9-16)23-20(17)15-10-11-18(26-3)19(12-15)27-4/h5-14H,1-4H3,(H,22,25). The van der Waals surface area contributed by atoms with Crippen LogP contribution in [0.4, 0.5) is 0 Å². The van der Waals surface area contributed by atoms with Crippen LogP contribution in [0.5, 0.6) is 11.5 Å². The van der Waals surface area contributed by atoms with Gasteiger partial charge in [0, 0.05) is 17.8 Å². The predicted octanol–water partition coefficient (Wildman–Crippen LogP) is 3.69. The summed E-state index contributed by atoms with van der Waals surface area (Å²) in [5.74, 6) is 1.04. The van der Waals surface area contributed by atoms with Crippen molar-refractivity contribution in [1.29, 1.82) is 0 Å². The number of carbonyl (C=O) groups is 1. The van der Waals surface area contributed by atoms with E-state index in [9.17, 15) is 4.79 Å². The van der Waals surface area contributed by atoms with Crippen molar-refractivity contribution in [2.24, 2.45) is 0 Å². The Balaban J connectivity index is 2.12. The Morgan fingerprint density at radius 3 is 2.37 bits per heavy atom. The molecule has 1 N–H and O–H groups in total. The minimum Gasteiger partial charge on any atom is -0.493 e. The highest BCUT2D eigenvalue weighted by Crippen LogP contribution is 2.33. The molecule has 0 spiro atoms. The van der Waals surface area contributed by atoms with Crippen LogP contribution in [0.1, 0.15) is 24.2 Å². The largest absolute Gasteiger partial charge is 0.493 e. The van der Waals surface area contributed by atoms with Crippen molar-refractivity contribution in [3.63, 3.8) is 0 Å². The van der Waals surface area contributed by atoms with Gasteiger partial charge >= 0.3 is 0 Å². The quantitative estimate of drug-likeness (QED) is 0.723. The fourth-order valence-electron chi connectivity index (χ4n) is 2.79. The normalized spacial score (nSPS) is 10.7. The van der Waals surface area contributed by atoms with Crippen LogP contribution >= 0.6 is 0 Å². The number of aromatic nitrogens is 2. The molecule has 0 fully saturated rings. The zero-order chi connectivity index (χ0) is 19.4. The van der Waals surface area contributed by atoms with Crippen molar-refractivity contribution in [3.05, 3.63) is 60.3 Å². The Morgan fingerprint density at radius 2 is 1.74 bits per heavy atom. The Bertz CT molecular complexity index is 933. The molecule has 0 bridgehead atoms. The summed E-state index contributed by atoms with van der Waals surface area (Å²) in [4.78, 5) is 12.8. The van der Waals surface area contributed by atoms with Crippen LogP contribution in [0.15, 0.2) is 54.7 Å². The van der Waals surface area contributed by atoms with E-state index in [1.165, 1.54) is 0 Å². The molecule has 0 aliphatic rings. The monoisotopic (exact) mass is 365 g/mol. The molecule has 140 valence electrons. The van der Waals surface area contributed by atoms with E-state index >= 15 is 0 Å². The molecule has 3 rings (SSSR count). The van der Waals surface area contributed by atoms with E-state index in [-0.39, 0.29) is 11.9 Å². The average Bonchev–Trinajstić information content (AvgIpc) is 3.13. The Labute approximate surface area is 158 Å². The third-order valence-electron chi connectivity index (χ3n) is 4.06. The number of amides is 1. The molecule has 0 saturated carbocycles. The van der Waals surface area contributed by atoms with Crippen molar-refractivity contribution < 1.29 is 14.3 Å². The molecule has 0 saturated heterocycles. The van der Waals surface area contributed by atoms with E-state index in [1.807, 2.05) is 56.3 Å². The summed E-state index contributed by atoms with van der Waals surface area (Å²) in [5.41, 5.74) is 2.73. The van der Waals surface area contributed by atoms with Gasteiger partial charge in [-0.3, -0.25) is 4.79 Å². The summed E-state index contributed by atoms with van der Waals surface area (Å²) >= 11 is 0. The molecule has 1 amide bonds. The molecule has 6 nitrogen and oxygen atoms in total. The fourth-order valence-corrected chi connectivity index (χ4v) is 2.79. The number of benzene rings is 2. The topological polar surface area (TPSA) is 65.4 Å². The zero-order valence-corrected chi connectivity index (χ0v) is 15.9. The molecule has 1 heterocycles. The number of nitrogens with zero attached hydrogens (tertiary/aromatic N) is 2. The molecule has 3 aromatic rings. The summed E-state index contributed by atoms with van der Waals surface area (Å²) in [6, 6.07) is 15.2. The summed E-state index contributed by atoms with van der Waals surface area (Å²) < 4.78 is 12.4. The van der Waals surface area contributed by atoms with Crippen molar-refractivity contribution in [1.82, 2.24) is 15.1 Å². The lowest BCUT2D eigenvalue weighted by molar-refractivity contribution is 0.0943. The van der Waals surface area contributed by atoms with Crippen molar-refractivity contribution in [2.45, 2.75) is 19.9 Å². The number of carbonyl (C=O) groups excluding carboxylic acids is 1. The van der Waals surface area contributed by atoms with Crippen LogP contribution < -0.4 is 14.8 Å². The molecule has 6 heteroatoms. The zero-order valence-electron chi connectivity index (χ0n) is 15.9. The first-order valence-electron chi connectivity index (χ1n) is 8.72. The van der Waals surface area contributed by atoms with Crippen LogP contribution in [0.25, 0.3) is 16.9 Å². The second-order valence-corrected chi connectivity index (χ2v) is 6.37. The molecule has 0 aliphatic heterocycles. The number of hydrogen-bond acceptors (Lipinski definition) is 4. The highest BCUT2D eigenvalue weighted by molar-refractivity contribution is 6.00. The molecule has 0 radical (unpaired) electrons. The summed E-state index contributed by atoms with van der Waals surface area (Å²) in [5, 5.41) is 7.61. The van der Waals surface area contributed by atoms with Gasteiger partial charge in [-0.2, -0.15) is 5.10 Å². The Kier molecular flexibility index (Phi) is 5.45. The molecule has 27 heavy (non-hydrogen) atoms. The van der Waals surface area contributed by atoms with E-state index in [0.29, 0.717) is 22.8 Å². The van der Waals surface area contributed by atoms with E-state index in [2.05, 4.69) is 10.4 Å². The van der Waals surface area contributed by atoms with Crippen molar-refractivity contribution >= 4 is 5.91 Å². The summed E-state index contributed by atoms with van der Waals surface area (Å²) in [7, 11) is 3.17. The Morgan fingerprint density at radius 1 is 1.04 bits per heavy atom. The number of para-hydroxylation sites is 1. The molecule has 1 aromatic heterocycles. The summed E-state index contributed by atoms with van der Waals surface area (Å²) in [6.45, 7) is 3.85. The van der Waals surface area contributed by atoms with Gasteiger partial charge in [-0.25, -0.2) is 4.68 Å². The minimum atomic E-state index is -0.169. The van der Waals surface area contributed by atoms with Gasteiger partial charge in [0.1, 0.15) is 5.69 Å². The van der Waals surface area contributed by atoms with Gasteiger partial charge < -0.3 is 14.8 Å². The first kappa shape index (κ1) is 18.5. The molecular weight excluding hydrogens is 342 g/mol. The van der Waals surface area contributed by atoms with Gasteiger partial charge in [-0.05, 0) is 44.2 Å². The van der Waals surface area contributed by atoms with Gasteiger partial charge in [0.2, 0.25) is 0 Å². The van der Waals surface area contributed by atoms with Gasteiger partial charge in [-0.1, -0.05) is 18.2 Å². The molecule has 0 aliphatic carbocycles. The van der Waals surface area contributed by atoms with Crippen molar-refractivity contribution in [2.75, 3.05) is 14.2 Å². The molecule has 0 unspecified atom stereocenters. The van der Waals surface area contributed by atoms with Crippen molar-refractivity contribution in [3.8, 4) is 28.4 Å². The second kappa shape index (κ2) is 7.95. The number of methoxy groups -OCH3 is 2. The van der Waals surface area contributed by atoms with Gasteiger partial charge in [0.15, 0.2) is 11.5 Å². The van der Waals surface area contributed by atoms with Gasteiger partial charge in [-0.15, -0.1) is 0 Å². The number of hydrogen-bond donors (Lipinski definition) is 1. The summed E-state index contributed by atoms with van der Waals surface area (Å²) in [6.07, 6.45) is 1.75. The third kappa shape index (κ3) is 3.95. The second-order valence-electron chi connectivity index (χ2n) is 6.37. The highest BCUT2D eigenvalue weighted by Gasteiger charge is 2.20. The van der Waals surface area contributed by atoms with Crippen LogP contribution in [0, 0.1) is 0 Å². The first-order chi connectivity index (χ1) is 13.0. The molecule has 2 aromatic carbocycles. The Hall–Kier alpha value is -3.28. The molecular formula is C21H23N3O3. The van der Waals surface area contributed by atoms with Crippen LogP contribution in [0.3, 0.4) is 0 Å². The lowest BCUT2D eigenvalue weighted by Crippen LogP contribution is -2.30. The van der Waals surface area contributed by atoms with E-state index in [4.69, 9.17) is 9.47 Å². The lowest BCUT2D eigenvalue weighted by atomic mass is 10.1. The van der Waals surface area contributed by atoms with Gasteiger partial charge in [0.05, 0.1) is 25.5 Å². The maximum absolute atomic E-state index is 12.8. The first-order valence-corrected chi connectivity index (χ1v) is 8.72. The average molecular weight is 365 g/mol. The minimum absolute atomic E-state index is 0.0239. The van der Waals surface area contributed by atoms with E-state index in [0.717, 1.165) is 11.3 Å². The number of nitrogens with one attached hydrogen (secondary N) is 1. The van der Waals surface area contributed by atoms with Crippen LogP contribution in [-0.2, 0) is 0 Å². The third-order valence-corrected chi connectivity index (χ3v) is 4.06. The highest BCUT2D eigenvalue weighted by atomic mass is 16.5. The van der Waals surface area contributed by atoms with E-state index < -0.39 is 0 Å². The maximum Gasteiger partial charge on any atom is 0.255 e. The SMILES string of the molecule is COc1ccc(-c2nn(-c3ccccc3)cc2C(=O)NC(C)C)cc1OC. The fraction of sp³-hybridized carbons (Fsp3) is 0.238. The van der Waals surface area contributed by atoms with Crippen LogP contribution in [-0.4, -0.2) is 35.9 Å². The number of ether oxygens (including phenoxy) is 2. The molecule has 0 atom stereocenters. The van der Waals surface area contributed by atoms with Crippen LogP contribution in [0.2, 0.25) is 0 Å². The van der Waals surface area contributed by atoms with E-state index in [1.54, 1.807) is 31.2 Å². The van der Waals surface area contributed by atoms with Gasteiger partial charge in [0.25, 0.3) is 5.91 Å². The lowest BCUT2D eigenvalue weighted by Gasteiger charge is -2.10. The maximum atomic E-state index is 12.8. The smallest absolute Gasteiger partial charge is 0.255 e. The number of rotatable bonds is 6.